The molecule has 0 radical (unpaired) electrons. The summed E-state index contributed by atoms with van der Waals surface area (Å²) in [6.07, 6.45) is -0.514. The molecular weight excluding hydrogens is 421 g/mol. The third kappa shape index (κ3) is 4.69. The van der Waals surface area contributed by atoms with Gasteiger partial charge in [0.05, 0.1) is 12.2 Å². The van der Waals surface area contributed by atoms with Crippen LogP contribution in [0.2, 0.25) is 0 Å². The molecule has 1 unspecified atom stereocenters. The minimum Gasteiger partial charge on any atom is -0.441 e. The Morgan fingerprint density at radius 2 is 1.87 bits per heavy atom. The molecule has 1 amide bonds. The highest BCUT2D eigenvalue weighted by Crippen LogP contribution is 2.32. The summed E-state index contributed by atoms with van der Waals surface area (Å²) in [4.78, 5) is 13.8. The molecule has 0 aliphatic carbocycles. The Kier molecular flexibility index (Phi) is 5.98. The second-order valence-corrected chi connectivity index (χ2v) is 8.82. The van der Waals surface area contributed by atoms with Crippen molar-refractivity contribution in [3.63, 3.8) is 0 Å². The molecule has 0 saturated carbocycles. The average molecular weight is 442 g/mol. The second-order valence-electron chi connectivity index (χ2n) is 7.15. The number of hydrogen-bond acceptors (Lipinski definition) is 4. The van der Waals surface area contributed by atoms with E-state index in [9.17, 15) is 26.4 Å². The van der Waals surface area contributed by atoms with Gasteiger partial charge in [-0.3, -0.25) is 4.72 Å². The fourth-order valence-electron chi connectivity index (χ4n) is 3.34. The summed E-state index contributed by atoms with van der Waals surface area (Å²) in [5.41, 5.74) is -2.44. The van der Waals surface area contributed by atoms with Crippen LogP contribution >= 0.6 is 0 Å². The predicted molar refractivity (Wildman–Crippen MR) is 105 cm³/mol. The molecule has 1 heterocycles. The highest BCUT2D eigenvalue weighted by molar-refractivity contribution is 7.93. The van der Waals surface area contributed by atoms with Gasteiger partial charge in [-0.05, 0) is 36.6 Å². The van der Waals surface area contributed by atoms with E-state index in [1.165, 1.54) is 23.1 Å². The van der Waals surface area contributed by atoms with E-state index in [1.807, 2.05) is 32.0 Å². The number of amides is 1. The first-order valence-electron chi connectivity index (χ1n) is 9.17. The maximum absolute atomic E-state index is 12.7. The monoisotopic (exact) mass is 442 g/mol. The summed E-state index contributed by atoms with van der Waals surface area (Å²) in [7, 11) is -5.57. The molecule has 1 N–H and O–H groups in total. The number of ether oxygens (including phenoxy) is 1. The Labute approximate surface area is 172 Å². The van der Waals surface area contributed by atoms with Crippen LogP contribution in [-0.4, -0.2) is 31.5 Å². The molecule has 30 heavy (non-hydrogen) atoms. The molecular formula is C20H21F3N2O4S. The predicted octanol–water partition coefficient (Wildman–Crippen LogP) is 4.65. The Hall–Kier alpha value is -2.75. The lowest BCUT2D eigenvalue weighted by Gasteiger charge is -2.33. The molecule has 1 atom stereocenters. The van der Waals surface area contributed by atoms with Crippen molar-refractivity contribution in [2.24, 2.45) is 0 Å². The van der Waals surface area contributed by atoms with Gasteiger partial charge in [0.2, 0.25) is 0 Å². The summed E-state index contributed by atoms with van der Waals surface area (Å²) >= 11 is 0. The van der Waals surface area contributed by atoms with Crippen molar-refractivity contribution in [3.8, 4) is 0 Å². The highest BCUT2D eigenvalue weighted by atomic mass is 32.2. The minimum atomic E-state index is -5.57. The zero-order chi connectivity index (χ0) is 22.1. The number of alkyl halides is 3. The first kappa shape index (κ1) is 21.9. The van der Waals surface area contributed by atoms with Crippen molar-refractivity contribution in [1.29, 1.82) is 0 Å². The fraction of sp³-hybridized carbons (Fsp3) is 0.350. The zero-order valence-electron chi connectivity index (χ0n) is 16.4. The maximum atomic E-state index is 12.7. The van der Waals surface area contributed by atoms with Gasteiger partial charge in [0.25, 0.3) is 0 Å². The van der Waals surface area contributed by atoms with Gasteiger partial charge in [0.1, 0.15) is 6.10 Å². The Morgan fingerprint density at radius 3 is 2.50 bits per heavy atom. The third-order valence-corrected chi connectivity index (χ3v) is 5.96. The van der Waals surface area contributed by atoms with Crippen LogP contribution in [0, 0.1) is 13.8 Å². The van der Waals surface area contributed by atoms with Crippen LogP contribution in [-0.2, 0) is 21.3 Å². The number of benzene rings is 2. The summed E-state index contributed by atoms with van der Waals surface area (Å²) < 4.78 is 68.1. The molecule has 3 rings (SSSR count). The van der Waals surface area contributed by atoms with E-state index >= 15 is 0 Å². The van der Waals surface area contributed by atoms with Crippen molar-refractivity contribution in [2.45, 2.75) is 38.4 Å². The van der Waals surface area contributed by atoms with Gasteiger partial charge in [-0.2, -0.15) is 21.6 Å². The largest absolute Gasteiger partial charge is 0.516 e. The first-order valence-corrected chi connectivity index (χ1v) is 10.7. The number of nitrogens with zero attached hydrogens (tertiary/aromatic N) is 1. The number of carbonyl (C=O) groups is 1. The van der Waals surface area contributed by atoms with Crippen LogP contribution in [0.4, 0.5) is 23.7 Å². The minimum absolute atomic E-state index is 0.0883. The third-order valence-electron chi connectivity index (χ3n) is 4.86. The quantitative estimate of drug-likeness (QED) is 0.732. The smallest absolute Gasteiger partial charge is 0.441 e. The molecule has 1 aliphatic rings. The number of hydrogen-bond donors (Lipinski definition) is 1. The van der Waals surface area contributed by atoms with Gasteiger partial charge in [0.15, 0.2) is 0 Å². The van der Waals surface area contributed by atoms with E-state index in [-0.39, 0.29) is 17.8 Å². The van der Waals surface area contributed by atoms with Gasteiger partial charge in [-0.1, -0.05) is 42.0 Å². The molecule has 1 fully saturated rings. The van der Waals surface area contributed by atoms with Gasteiger partial charge < -0.3 is 9.64 Å². The molecule has 0 aromatic heterocycles. The highest BCUT2D eigenvalue weighted by Gasteiger charge is 2.46. The van der Waals surface area contributed by atoms with E-state index in [2.05, 4.69) is 0 Å². The lowest BCUT2D eigenvalue weighted by atomic mass is 9.98. The van der Waals surface area contributed by atoms with Gasteiger partial charge in [0, 0.05) is 13.0 Å². The molecule has 1 saturated heterocycles. The van der Waals surface area contributed by atoms with E-state index in [0.29, 0.717) is 13.0 Å². The van der Waals surface area contributed by atoms with Crippen molar-refractivity contribution in [3.05, 3.63) is 64.7 Å². The van der Waals surface area contributed by atoms with E-state index < -0.39 is 27.7 Å². The Balaban J connectivity index is 1.74. The summed E-state index contributed by atoms with van der Waals surface area (Å²) in [6, 6.07) is 11.5. The van der Waals surface area contributed by atoms with Crippen LogP contribution < -0.4 is 4.72 Å². The molecule has 10 heteroatoms. The second kappa shape index (κ2) is 8.17. The summed E-state index contributed by atoms with van der Waals surface area (Å²) in [5.74, 6) is 0. The number of rotatable bonds is 5. The number of halogens is 3. The van der Waals surface area contributed by atoms with Crippen molar-refractivity contribution in [2.75, 3.05) is 11.3 Å². The molecule has 162 valence electrons. The van der Waals surface area contributed by atoms with Crippen molar-refractivity contribution < 1.29 is 31.1 Å². The van der Waals surface area contributed by atoms with Crippen LogP contribution in [0.25, 0.3) is 0 Å². The SMILES string of the molecule is Cc1ccc(C2CCN(Cc3ccccc3NS(=O)(=O)C(F)(F)F)C(=O)O2)c(C)c1. The molecule has 1 aliphatic heterocycles. The fourth-order valence-corrected chi connectivity index (χ4v) is 3.94. The lowest BCUT2D eigenvalue weighted by Crippen LogP contribution is -2.39. The van der Waals surface area contributed by atoms with Crippen LogP contribution in [0.1, 0.15) is 34.8 Å². The number of sulfonamides is 1. The first-order chi connectivity index (χ1) is 14.0. The number of aryl methyl sites for hydroxylation is 2. The average Bonchev–Trinajstić information content (AvgIpc) is 2.64. The van der Waals surface area contributed by atoms with Gasteiger partial charge in [-0.25, -0.2) is 4.79 Å². The van der Waals surface area contributed by atoms with Gasteiger partial charge >= 0.3 is 21.6 Å². The number of nitrogens with one attached hydrogen (secondary N) is 1. The van der Waals surface area contributed by atoms with Gasteiger partial charge in [-0.15, -0.1) is 0 Å². The summed E-state index contributed by atoms with van der Waals surface area (Å²) in [6.45, 7) is 4.13. The Bertz CT molecular complexity index is 1050. The number of anilines is 1. The Morgan fingerprint density at radius 1 is 1.17 bits per heavy atom. The van der Waals surface area contributed by atoms with Crippen LogP contribution in [0.15, 0.2) is 42.5 Å². The van der Waals surface area contributed by atoms with Crippen molar-refractivity contribution >= 4 is 21.8 Å². The van der Waals surface area contributed by atoms with E-state index in [0.717, 1.165) is 16.7 Å². The summed E-state index contributed by atoms with van der Waals surface area (Å²) in [5, 5.41) is 0. The normalized spacial score (nSPS) is 17.6. The molecule has 2 aromatic carbocycles. The number of carbonyl (C=O) groups excluding carboxylic acids is 1. The molecule has 0 bridgehead atoms. The number of para-hydroxylation sites is 1. The zero-order valence-corrected chi connectivity index (χ0v) is 17.2. The van der Waals surface area contributed by atoms with Crippen molar-refractivity contribution in [1.82, 2.24) is 4.90 Å². The van der Waals surface area contributed by atoms with Crippen LogP contribution in [0.3, 0.4) is 0 Å². The molecule has 0 spiro atoms. The standard InChI is InChI=1S/C20H21F3N2O4S/c1-13-7-8-16(14(2)11-13)18-9-10-25(19(26)29-18)12-15-5-3-4-6-17(15)24-30(27,28)20(21,22)23/h3-8,11,18,24H,9-10,12H2,1-2H3. The number of cyclic esters (lactones) is 1. The lowest BCUT2D eigenvalue weighted by molar-refractivity contribution is -0.0429. The topological polar surface area (TPSA) is 75.7 Å². The van der Waals surface area contributed by atoms with Crippen LogP contribution in [0.5, 0.6) is 0 Å². The maximum Gasteiger partial charge on any atom is 0.516 e. The van der Waals surface area contributed by atoms with E-state index in [1.54, 1.807) is 10.8 Å². The molecule has 2 aromatic rings. The molecule has 6 nitrogen and oxygen atoms in total. The van der Waals surface area contributed by atoms with E-state index in [4.69, 9.17) is 4.74 Å².